The SMILES string of the molecule is Cc1cc2c(-c3cccc4ccccc34)cccc2[cH-]1.Cc1cc2c(-c3cccc4ccccc34)cccc2[cH-]1.[Zr+2]. The summed E-state index contributed by atoms with van der Waals surface area (Å²) in [6.07, 6.45) is 0. The van der Waals surface area contributed by atoms with Crippen LogP contribution in [0.3, 0.4) is 0 Å². The molecule has 0 aromatic heterocycles. The number of hydrogen-bond donors (Lipinski definition) is 0. The van der Waals surface area contributed by atoms with Crippen molar-refractivity contribution in [1.82, 2.24) is 0 Å². The van der Waals surface area contributed by atoms with E-state index in [9.17, 15) is 0 Å². The Morgan fingerprint density at radius 3 is 1.15 bits per heavy atom. The van der Waals surface area contributed by atoms with E-state index in [0.717, 1.165) is 0 Å². The fourth-order valence-corrected chi connectivity index (χ4v) is 6.16. The fourth-order valence-electron chi connectivity index (χ4n) is 6.16. The van der Waals surface area contributed by atoms with E-state index in [2.05, 4.69) is 159 Å². The van der Waals surface area contributed by atoms with Gasteiger partial charge in [0.05, 0.1) is 0 Å². The molecule has 0 bridgehead atoms. The smallest absolute Gasteiger partial charge is 0.165 e. The first-order valence-corrected chi connectivity index (χ1v) is 13.9. The summed E-state index contributed by atoms with van der Waals surface area (Å²) in [7, 11) is 0. The second-order valence-corrected chi connectivity index (χ2v) is 10.7. The molecule has 41 heavy (non-hydrogen) atoms. The predicted octanol–water partition coefficient (Wildman–Crippen LogP) is 11.4. The molecule has 0 aliphatic rings. The van der Waals surface area contributed by atoms with E-state index in [1.54, 1.807) is 0 Å². The van der Waals surface area contributed by atoms with Crippen molar-refractivity contribution in [3.63, 3.8) is 0 Å². The second-order valence-electron chi connectivity index (χ2n) is 10.7. The topological polar surface area (TPSA) is 0 Å². The van der Waals surface area contributed by atoms with Crippen LogP contribution in [0.25, 0.3) is 65.3 Å². The van der Waals surface area contributed by atoms with Crippen molar-refractivity contribution in [3.8, 4) is 22.3 Å². The predicted molar refractivity (Wildman–Crippen MR) is 174 cm³/mol. The molecule has 0 spiro atoms. The van der Waals surface area contributed by atoms with Crippen LogP contribution in [0, 0.1) is 13.8 Å². The molecular formula is C40H30Zr. The molecular weight excluding hydrogens is 572 g/mol. The normalized spacial score (nSPS) is 11.0. The summed E-state index contributed by atoms with van der Waals surface area (Å²) >= 11 is 0. The largest absolute Gasteiger partial charge is 2.00 e. The zero-order valence-electron chi connectivity index (χ0n) is 23.4. The molecule has 0 unspecified atom stereocenters. The molecule has 0 amide bonds. The van der Waals surface area contributed by atoms with E-state index in [4.69, 9.17) is 0 Å². The molecule has 0 N–H and O–H groups in total. The Hall–Kier alpha value is -4.06. The molecule has 8 aromatic carbocycles. The second kappa shape index (κ2) is 11.4. The monoisotopic (exact) mass is 600 g/mol. The minimum Gasteiger partial charge on any atom is -0.165 e. The Morgan fingerprint density at radius 2 is 0.707 bits per heavy atom. The van der Waals surface area contributed by atoms with Crippen LogP contribution in [0.4, 0.5) is 0 Å². The van der Waals surface area contributed by atoms with E-state index in [0.29, 0.717) is 0 Å². The first-order valence-electron chi connectivity index (χ1n) is 13.9. The average molecular weight is 602 g/mol. The molecule has 194 valence electrons. The van der Waals surface area contributed by atoms with Crippen LogP contribution >= 0.6 is 0 Å². The van der Waals surface area contributed by atoms with Gasteiger partial charge in [-0.15, -0.1) is 69.1 Å². The molecule has 0 aliphatic carbocycles. The zero-order valence-corrected chi connectivity index (χ0v) is 25.8. The van der Waals surface area contributed by atoms with Gasteiger partial charge in [0.15, 0.2) is 0 Å². The van der Waals surface area contributed by atoms with Crippen LogP contribution in [-0.4, -0.2) is 0 Å². The maximum atomic E-state index is 2.28. The van der Waals surface area contributed by atoms with Gasteiger partial charge in [-0.05, 0) is 32.7 Å². The third-order valence-corrected chi connectivity index (χ3v) is 7.95. The van der Waals surface area contributed by atoms with Gasteiger partial charge < -0.3 is 0 Å². The molecule has 0 heterocycles. The van der Waals surface area contributed by atoms with Gasteiger partial charge in [0.25, 0.3) is 0 Å². The van der Waals surface area contributed by atoms with Crippen molar-refractivity contribution in [2.75, 3.05) is 0 Å². The number of rotatable bonds is 2. The summed E-state index contributed by atoms with van der Waals surface area (Å²) in [5, 5.41) is 10.6. The summed E-state index contributed by atoms with van der Waals surface area (Å²) < 4.78 is 0. The van der Waals surface area contributed by atoms with Gasteiger partial charge in [-0.25, -0.2) is 0 Å². The van der Waals surface area contributed by atoms with Gasteiger partial charge in [0.1, 0.15) is 0 Å². The van der Waals surface area contributed by atoms with Gasteiger partial charge in [0, 0.05) is 0 Å². The number of aryl methyl sites for hydroxylation is 2. The first kappa shape index (κ1) is 27.1. The zero-order chi connectivity index (χ0) is 27.1. The summed E-state index contributed by atoms with van der Waals surface area (Å²) in [5.41, 5.74) is 7.94. The van der Waals surface area contributed by atoms with Crippen molar-refractivity contribution in [1.29, 1.82) is 0 Å². The van der Waals surface area contributed by atoms with Gasteiger partial charge in [-0.3, -0.25) is 0 Å². The van der Waals surface area contributed by atoms with Crippen molar-refractivity contribution >= 4 is 43.1 Å². The number of benzene rings is 6. The summed E-state index contributed by atoms with van der Waals surface area (Å²) in [6.45, 7) is 4.32. The van der Waals surface area contributed by atoms with E-state index in [-0.39, 0.29) is 26.2 Å². The van der Waals surface area contributed by atoms with Crippen molar-refractivity contribution in [3.05, 3.63) is 157 Å². The summed E-state index contributed by atoms with van der Waals surface area (Å²) in [4.78, 5) is 0. The third kappa shape index (κ3) is 5.12. The third-order valence-electron chi connectivity index (χ3n) is 7.95. The standard InChI is InChI=1S/2C20H15.Zr/c2*1-14-12-16-8-5-11-19(20(16)13-14)18-10-4-7-15-6-2-3-9-17(15)18;/h2*2-13H,1H3;/q2*-1;+2. The van der Waals surface area contributed by atoms with Crippen LogP contribution in [0.5, 0.6) is 0 Å². The van der Waals surface area contributed by atoms with Crippen LogP contribution in [0.1, 0.15) is 11.1 Å². The molecule has 0 saturated heterocycles. The molecule has 8 aromatic rings. The van der Waals surface area contributed by atoms with Crippen LogP contribution < -0.4 is 0 Å². The van der Waals surface area contributed by atoms with E-state index >= 15 is 0 Å². The van der Waals surface area contributed by atoms with Gasteiger partial charge in [-0.1, -0.05) is 122 Å². The Bertz CT molecular complexity index is 1970. The Morgan fingerprint density at radius 1 is 0.366 bits per heavy atom. The number of hydrogen-bond acceptors (Lipinski definition) is 0. The minimum atomic E-state index is 0. The van der Waals surface area contributed by atoms with Crippen molar-refractivity contribution in [2.45, 2.75) is 13.8 Å². The molecule has 0 aliphatic heterocycles. The Labute approximate surface area is 260 Å². The molecule has 1 heteroatoms. The summed E-state index contributed by atoms with van der Waals surface area (Å²) in [5.74, 6) is 0. The summed E-state index contributed by atoms with van der Waals surface area (Å²) in [6, 6.07) is 52.5. The quantitative estimate of drug-likeness (QED) is 0.173. The molecule has 0 radical (unpaired) electrons. The van der Waals surface area contributed by atoms with Gasteiger partial charge in [-0.2, -0.15) is 12.1 Å². The van der Waals surface area contributed by atoms with Crippen LogP contribution in [-0.2, 0) is 26.2 Å². The maximum Gasteiger partial charge on any atom is 2.00 e. The van der Waals surface area contributed by atoms with E-state index in [1.165, 1.54) is 76.5 Å². The molecule has 8 rings (SSSR count). The molecule has 0 nitrogen and oxygen atoms in total. The van der Waals surface area contributed by atoms with Gasteiger partial charge >= 0.3 is 26.2 Å². The Kier molecular flexibility index (Phi) is 7.57. The Balaban J connectivity index is 0.000000144. The van der Waals surface area contributed by atoms with Crippen molar-refractivity contribution < 1.29 is 26.2 Å². The fraction of sp³-hybridized carbons (Fsp3) is 0.0500. The van der Waals surface area contributed by atoms with E-state index < -0.39 is 0 Å². The average Bonchev–Trinajstić information content (AvgIpc) is 3.57. The van der Waals surface area contributed by atoms with Crippen molar-refractivity contribution in [2.24, 2.45) is 0 Å². The first-order chi connectivity index (χ1) is 19.7. The minimum absolute atomic E-state index is 0. The molecule has 0 atom stereocenters. The van der Waals surface area contributed by atoms with E-state index in [1.807, 2.05) is 0 Å². The maximum absolute atomic E-state index is 2.28. The molecule has 0 fully saturated rings. The van der Waals surface area contributed by atoms with Crippen LogP contribution in [0.2, 0.25) is 0 Å². The van der Waals surface area contributed by atoms with Gasteiger partial charge in [0.2, 0.25) is 0 Å². The number of fused-ring (bicyclic) bond motifs is 4. The van der Waals surface area contributed by atoms with Crippen LogP contribution in [0.15, 0.2) is 146 Å². The molecule has 0 saturated carbocycles.